The molecule has 0 amide bonds. The summed E-state index contributed by atoms with van der Waals surface area (Å²) in [5.41, 5.74) is 1.34. The van der Waals surface area contributed by atoms with Crippen LogP contribution in [-0.4, -0.2) is 24.3 Å². The summed E-state index contributed by atoms with van der Waals surface area (Å²) in [4.78, 5) is 4.40. The van der Waals surface area contributed by atoms with E-state index in [1.54, 1.807) is 6.07 Å². The lowest BCUT2D eigenvalue weighted by atomic mass is 10.1. The zero-order chi connectivity index (χ0) is 13.7. The molecule has 0 aliphatic rings. The minimum absolute atomic E-state index is 0.0971. The minimum atomic E-state index is -0.0971. The summed E-state index contributed by atoms with van der Waals surface area (Å²) >= 11 is 0. The second-order valence-corrected chi connectivity index (χ2v) is 4.22. The van der Waals surface area contributed by atoms with Crippen molar-refractivity contribution in [3.8, 4) is 11.9 Å². The number of para-hydroxylation sites is 1. The zero-order valence-corrected chi connectivity index (χ0v) is 11.1. The largest absolute Gasteiger partial charge is 0.472 e. The summed E-state index contributed by atoms with van der Waals surface area (Å²) < 4.78 is 11.0. The first kappa shape index (κ1) is 13.3. The molecule has 19 heavy (non-hydrogen) atoms. The van der Waals surface area contributed by atoms with Gasteiger partial charge in [-0.25, -0.2) is 4.98 Å². The average Bonchev–Trinajstić information content (AvgIpc) is 2.44. The van der Waals surface area contributed by atoms with E-state index in [1.165, 1.54) is 0 Å². The van der Waals surface area contributed by atoms with Gasteiger partial charge in [0.2, 0.25) is 5.88 Å². The number of rotatable bonds is 5. The zero-order valence-electron chi connectivity index (χ0n) is 11.1. The number of hydrogen-bond acceptors (Lipinski definition) is 4. The Morgan fingerprint density at radius 2 is 2.16 bits per heavy atom. The molecule has 0 saturated carbocycles. The summed E-state index contributed by atoms with van der Waals surface area (Å²) in [6, 6.07) is 11.4. The van der Waals surface area contributed by atoms with Crippen molar-refractivity contribution < 1.29 is 9.47 Å². The Kier molecular flexibility index (Phi) is 4.32. The molecule has 0 fully saturated rings. The molecule has 98 valence electrons. The molecule has 0 aliphatic carbocycles. The molecular weight excluding hydrogens is 240 g/mol. The van der Waals surface area contributed by atoms with Gasteiger partial charge >= 0.3 is 0 Å². The Morgan fingerprint density at radius 1 is 1.37 bits per heavy atom. The number of nitriles is 1. The van der Waals surface area contributed by atoms with Crippen LogP contribution in [0.1, 0.15) is 19.4 Å². The predicted octanol–water partition coefficient (Wildman–Crippen LogP) is 2.91. The maximum atomic E-state index is 9.18. The fourth-order valence-corrected chi connectivity index (χ4v) is 1.83. The number of fused-ring (bicyclic) bond motifs is 1. The van der Waals surface area contributed by atoms with Crippen molar-refractivity contribution in [1.82, 2.24) is 4.98 Å². The average molecular weight is 256 g/mol. The molecule has 1 aromatic heterocycles. The highest BCUT2D eigenvalue weighted by molar-refractivity contribution is 5.85. The molecule has 4 heteroatoms. The first-order chi connectivity index (χ1) is 9.24. The molecule has 1 unspecified atom stereocenters. The van der Waals surface area contributed by atoms with Gasteiger partial charge in [-0.05, 0) is 19.9 Å². The third kappa shape index (κ3) is 3.21. The first-order valence-electron chi connectivity index (χ1n) is 6.29. The van der Waals surface area contributed by atoms with E-state index < -0.39 is 0 Å². The number of pyridine rings is 1. The van der Waals surface area contributed by atoms with Crippen LogP contribution in [0.4, 0.5) is 0 Å². The van der Waals surface area contributed by atoms with Crippen molar-refractivity contribution in [2.24, 2.45) is 0 Å². The van der Waals surface area contributed by atoms with Gasteiger partial charge in [-0.3, -0.25) is 0 Å². The molecule has 0 bridgehead atoms. The normalized spacial score (nSPS) is 12.1. The number of aromatic nitrogens is 1. The second-order valence-electron chi connectivity index (χ2n) is 4.22. The van der Waals surface area contributed by atoms with Crippen molar-refractivity contribution in [2.45, 2.75) is 20.0 Å². The van der Waals surface area contributed by atoms with Crippen LogP contribution in [0, 0.1) is 11.3 Å². The Hall–Kier alpha value is -2.12. The van der Waals surface area contributed by atoms with Gasteiger partial charge in [-0.1, -0.05) is 18.2 Å². The third-order valence-electron chi connectivity index (χ3n) is 2.69. The summed E-state index contributed by atoms with van der Waals surface area (Å²) in [6.07, 6.45) is -0.0971. The van der Waals surface area contributed by atoms with Crippen LogP contribution >= 0.6 is 0 Å². The highest BCUT2D eigenvalue weighted by atomic mass is 16.5. The van der Waals surface area contributed by atoms with E-state index in [0.717, 1.165) is 10.9 Å². The Labute approximate surface area is 112 Å². The molecule has 2 aromatic rings. The first-order valence-corrected chi connectivity index (χ1v) is 6.29. The molecule has 0 aliphatic heterocycles. The van der Waals surface area contributed by atoms with Crippen molar-refractivity contribution in [3.05, 3.63) is 35.9 Å². The predicted molar refractivity (Wildman–Crippen MR) is 73.0 cm³/mol. The van der Waals surface area contributed by atoms with E-state index >= 15 is 0 Å². The maximum Gasteiger partial charge on any atom is 0.215 e. The Balaban J connectivity index is 2.27. The Bertz CT molecular complexity index is 605. The fraction of sp³-hybridized carbons (Fsp3) is 0.333. The van der Waals surface area contributed by atoms with E-state index in [1.807, 2.05) is 38.1 Å². The highest BCUT2D eigenvalue weighted by Crippen LogP contribution is 2.21. The fourth-order valence-electron chi connectivity index (χ4n) is 1.83. The van der Waals surface area contributed by atoms with E-state index in [9.17, 15) is 5.26 Å². The molecule has 0 radical (unpaired) electrons. The number of nitrogens with zero attached hydrogens (tertiary/aromatic N) is 2. The summed E-state index contributed by atoms with van der Waals surface area (Å²) in [5, 5.41) is 10.0. The summed E-state index contributed by atoms with van der Waals surface area (Å²) in [7, 11) is 0. The molecule has 0 spiro atoms. The van der Waals surface area contributed by atoms with E-state index in [0.29, 0.717) is 24.7 Å². The Morgan fingerprint density at radius 3 is 2.89 bits per heavy atom. The smallest absolute Gasteiger partial charge is 0.215 e. The van der Waals surface area contributed by atoms with Gasteiger partial charge in [0.1, 0.15) is 12.2 Å². The molecule has 1 atom stereocenters. The lowest BCUT2D eigenvalue weighted by Crippen LogP contribution is -2.19. The topological polar surface area (TPSA) is 55.1 Å². The van der Waals surface area contributed by atoms with Gasteiger partial charge in [0.25, 0.3) is 0 Å². The number of hydrogen-bond donors (Lipinski definition) is 0. The van der Waals surface area contributed by atoms with Gasteiger partial charge in [0.15, 0.2) is 0 Å². The van der Waals surface area contributed by atoms with Crippen molar-refractivity contribution >= 4 is 10.9 Å². The lowest BCUT2D eigenvalue weighted by Gasteiger charge is -2.14. The third-order valence-corrected chi connectivity index (χ3v) is 2.69. The van der Waals surface area contributed by atoms with Crippen LogP contribution < -0.4 is 4.74 Å². The van der Waals surface area contributed by atoms with Crippen LogP contribution in [0.2, 0.25) is 0 Å². The van der Waals surface area contributed by atoms with Gasteiger partial charge in [0.05, 0.1) is 17.7 Å². The van der Waals surface area contributed by atoms with Gasteiger partial charge in [-0.2, -0.15) is 5.26 Å². The van der Waals surface area contributed by atoms with E-state index in [4.69, 9.17) is 9.47 Å². The second kappa shape index (κ2) is 6.17. The standard InChI is InChI=1S/C15H16N2O2/c1-3-18-10-11(2)19-15-8-12(9-16)13-6-4-5-7-14(13)17-15/h4-8,11H,3,10H2,1-2H3. The van der Waals surface area contributed by atoms with Gasteiger partial charge in [-0.15, -0.1) is 0 Å². The van der Waals surface area contributed by atoms with Crippen molar-refractivity contribution in [1.29, 1.82) is 5.26 Å². The molecule has 2 rings (SSSR count). The maximum absolute atomic E-state index is 9.18. The molecule has 0 N–H and O–H groups in total. The molecule has 1 heterocycles. The number of ether oxygens (including phenoxy) is 2. The molecule has 1 aromatic carbocycles. The lowest BCUT2D eigenvalue weighted by molar-refractivity contribution is 0.0635. The van der Waals surface area contributed by atoms with Gasteiger partial charge < -0.3 is 9.47 Å². The van der Waals surface area contributed by atoms with E-state index in [2.05, 4.69) is 11.1 Å². The van der Waals surface area contributed by atoms with Crippen molar-refractivity contribution in [3.63, 3.8) is 0 Å². The summed E-state index contributed by atoms with van der Waals surface area (Å²) in [5.74, 6) is 0.461. The van der Waals surface area contributed by atoms with Crippen LogP contribution in [0.3, 0.4) is 0 Å². The van der Waals surface area contributed by atoms with E-state index in [-0.39, 0.29) is 6.10 Å². The molecular formula is C15H16N2O2. The van der Waals surface area contributed by atoms with Crippen LogP contribution in [0.25, 0.3) is 10.9 Å². The minimum Gasteiger partial charge on any atom is -0.472 e. The van der Waals surface area contributed by atoms with Crippen LogP contribution in [-0.2, 0) is 4.74 Å². The molecule has 0 saturated heterocycles. The quantitative estimate of drug-likeness (QED) is 0.825. The van der Waals surface area contributed by atoms with Crippen molar-refractivity contribution in [2.75, 3.05) is 13.2 Å². The highest BCUT2D eigenvalue weighted by Gasteiger charge is 2.09. The van der Waals surface area contributed by atoms with Crippen LogP contribution in [0.15, 0.2) is 30.3 Å². The number of benzene rings is 1. The summed E-state index contributed by atoms with van der Waals surface area (Å²) in [6.45, 7) is 5.02. The monoisotopic (exact) mass is 256 g/mol. The SMILES string of the molecule is CCOCC(C)Oc1cc(C#N)c2ccccc2n1. The molecule has 4 nitrogen and oxygen atoms in total. The van der Waals surface area contributed by atoms with Crippen LogP contribution in [0.5, 0.6) is 5.88 Å². The van der Waals surface area contributed by atoms with Gasteiger partial charge in [0, 0.05) is 18.1 Å².